The van der Waals surface area contributed by atoms with E-state index in [1.54, 1.807) is 0 Å². The molecule has 0 heterocycles. The van der Waals surface area contributed by atoms with E-state index < -0.39 is 0 Å². The minimum Gasteiger partial charge on any atom is -0.0654 e. The summed E-state index contributed by atoms with van der Waals surface area (Å²) in [5.74, 6) is 0. The van der Waals surface area contributed by atoms with Crippen LogP contribution in [0.5, 0.6) is 0 Å². The lowest BCUT2D eigenvalue weighted by Crippen LogP contribution is -2.11. The van der Waals surface area contributed by atoms with Crippen LogP contribution in [-0.2, 0) is 0 Å². The van der Waals surface area contributed by atoms with E-state index in [1.165, 1.54) is 18.9 Å². The van der Waals surface area contributed by atoms with Crippen LogP contribution in [0.25, 0.3) is 0 Å². The molecule has 0 aromatic rings. The van der Waals surface area contributed by atoms with Gasteiger partial charge in [-0.15, -0.1) is 0 Å². The van der Waals surface area contributed by atoms with Crippen LogP contribution in [0.15, 0.2) is 0 Å². The molecule has 0 aliphatic carbocycles. The molecule has 0 aliphatic rings. The summed E-state index contributed by atoms with van der Waals surface area (Å²) in [6.45, 7) is 2.21. The lowest BCUT2D eigenvalue weighted by atomic mass is 10.4. The Morgan fingerprint density at radius 3 is 2.14 bits per heavy atom. The fourth-order valence-corrected chi connectivity index (χ4v) is 2.12. The zero-order chi connectivity index (χ0) is 5.70. The summed E-state index contributed by atoms with van der Waals surface area (Å²) in [4.78, 5) is 0. The molecule has 0 aliphatic heterocycles. The van der Waals surface area contributed by atoms with Crippen LogP contribution >= 0.6 is 0 Å². The second-order valence-corrected chi connectivity index (χ2v) is 8.16. The fraction of sp³-hybridized carbons (Fsp3) is 1.00. The first-order valence-electron chi connectivity index (χ1n) is 2.56. The maximum Gasteiger partial charge on any atom is 0.0144 e. The molecule has 0 fully saturated rings. The first-order chi connectivity index (χ1) is 3.27. The third-order valence-corrected chi connectivity index (χ3v) is 3.13. The second kappa shape index (κ2) is 4.80. The average molecular weight is 141 g/mol. The van der Waals surface area contributed by atoms with Gasteiger partial charge in [-0.05, 0) is 0 Å². The predicted molar refractivity (Wildman–Crippen MR) is 37.0 cm³/mol. The zero-order valence-electron chi connectivity index (χ0n) is 4.62. The Hall–Kier alpha value is 0.651. The summed E-state index contributed by atoms with van der Waals surface area (Å²) in [6.07, 6.45) is 2.66. The summed E-state index contributed by atoms with van der Waals surface area (Å²) in [6, 6.07) is 1.33. The summed E-state index contributed by atoms with van der Waals surface area (Å²) in [5, 5.41) is 0. The maximum absolute atomic E-state index is 3.54. The Morgan fingerprint density at radius 2 is 2.00 bits per heavy atom. The highest BCUT2D eigenvalue weighted by Crippen LogP contribution is 1.94. The molecule has 37 valence electrons. The molecule has 0 rings (SSSR count). The van der Waals surface area contributed by atoms with Crippen LogP contribution in [-0.4, -0.2) is 27.4 Å². The van der Waals surface area contributed by atoms with Crippen LogP contribution in [0.3, 0.4) is 0 Å². The Balaban J connectivity index is 2.68. The Labute approximate surface area is 53.7 Å². The van der Waals surface area contributed by atoms with Crippen molar-refractivity contribution in [2.24, 2.45) is 0 Å². The number of rotatable bonds is 3. The topological polar surface area (TPSA) is 0 Å². The Morgan fingerprint density at radius 1 is 1.43 bits per heavy atom. The second-order valence-electron chi connectivity index (χ2n) is 1.58. The van der Waals surface area contributed by atoms with Gasteiger partial charge in [-0.2, -0.15) is 0 Å². The highest BCUT2D eigenvalue weighted by atomic mass is 29.5. The van der Waals surface area contributed by atoms with Crippen molar-refractivity contribution < 1.29 is 0 Å². The molecule has 0 amide bonds. The molecule has 0 bridgehead atoms. The minimum atomic E-state index is -0.286. The van der Waals surface area contributed by atoms with E-state index in [0.29, 0.717) is 0 Å². The molecule has 7 radical (unpaired) electrons. The SMILES string of the molecule is CCCC[Si]([Si])[Si]. The molecule has 0 atom stereocenters. The van der Waals surface area contributed by atoms with Crippen molar-refractivity contribution in [2.45, 2.75) is 25.8 Å². The normalized spacial score (nSPS) is 10.3. The molecule has 3 heteroatoms. The minimum absolute atomic E-state index is 0.286. The third-order valence-electron chi connectivity index (χ3n) is 0.780. The standard InChI is InChI=1S/C4H9Si3/c1-2-3-4-7(5)6/h2-4H2,1H3. The smallest absolute Gasteiger partial charge is 0.0144 e. The number of hydrogen-bond acceptors (Lipinski definition) is 0. The van der Waals surface area contributed by atoms with Crippen LogP contribution in [0.2, 0.25) is 6.04 Å². The third kappa shape index (κ3) is 6.65. The van der Waals surface area contributed by atoms with Gasteiger partial charge in [0.1, 0.15) is 0 Å². The highest BCUT2D eigenvalue weighted by Gasteiger charge is 1.91. The molecule has 0 nitrogen and oxygen atoms in total. The van der Waals surface area contributed by atoms with Gasteiger partial charge >= 0.3 is 0 Å². The summed E-state index contributed by atoms with van der Waals surface area (Å²) >= 11 is 0. The summed E-state index contributed by atoms with van der Waals surface area (Å²) in [7, 11) is 6.78. The quantitative estimate of drug-likeness (QED) is 0.505. The molecular formula is C4H9Si3. The first kappa shape index (κ1) is 7.65. The molecule has 0 unspecified atom stereocenters. The van der Waals surface area contributed by atoms with Crippen molar-refractivity contribution in [3.63, 3.8) is 0 Å². The van der Waals surface area contributed by atoms with Crippen LogP contribution in [0.4, 0.5) is 0 Å². The van der Waals surface area contributed by atoms with Crippen molar-refractivity contribution in [1.82, 2.24) is 0 Å². The van der Waals surface area contributed by atoms with Crippen LogP contribution < -0.4 is 0 Å². The fourth-order valence-electron chi connectivity index (χ4n) is 0.354. The average Bonchev–Trinajstić information content (AvgIpc) is 1.61. The van der Waals surface area contributed by atoms with Gasteiger partial charge in [0.05, 0.1) is 0 Å². The van der Waals surface area contributed by atoms with Crippen LogP contribution in [0, 0.1) is 0 Å². The van der Waals surface area contributed by atoms with E-state index >= 15 is 0 Å². The van der Waals surface area contributed by atoms with Gasteiger partial charge < -0.3 is 0 Å². The predicted octanol–water partition coefficient (Wildman–Crippen LogP) is 0.612. The molecule has 0 N–H and O–H groups in total. The molecule has 0 aromatic carbocycles. The van der Waals surface area contributed by atoms with Crippen molar-refractivity contribution in [2.75, 3.05) is 0 Å². The van der Waals surface area contributed by atoms with Gasteiger partial charge in [-0.25, -0.2) is 0 Å². The molecule has 0 saturated heterocycles. The molecule has 0 aromatic heterocycles. The maximum atomic E-state index is 3.54. The van der Waals surface area contributed by atoms with Gasteiger partial charge in [0, 0.05) is 27.4 Å². The molecule has 0 spiro atoms. The summed E-state index contributed by atoms with van der Waals surface area (Å²) in [5.41, 5.74) is 0. The number of unbranched alkanes of at least 4 members (excludes halogenated alkanes) is 1. The van der Waals surface area contributed by atoms with Crippen molar-refractivity contribution in [3.8, 4) is 0 Å². The highest BCUT2D eigenvalue weighted by molar-refractivity contribution is 7.29. The lowest BCUT2D eigenvalue weighted by molar-refractivity contribution is 0.881. The lowest BCUT2D eigenvalue weighted by Gasteiger charge is -1.96. The van der Waals surface area contributed by atoms with Crippen molar-refractivity contribution in [3.05, 3.63) is 0 Å². The summed E-state index contributed by atoms with van der Waals surface area (Å²) < 4.78 is 0. The molecular weight excluding hydrogens is 132 g/mol. The van der Waals surface area contributed by atoms with Crippen molar-refractivity contribution in [1.29, 1.82) is 0 Å². The molecule has 0 saturated carbocycles. The van der Waals surface area contributed by atoms with Gasteiger partial charge in [0.25, 0.3) is 0 Å². The number of hydrogen-bond donors (Lipinski definition) is 0. The van der Waals surface area contributed by atoms with Gasteiger partial charge in [-0.1, -0.05) is 25.8 Å². The Bertz CT molecular complexity index is 35.9. The first-order valence-corrected chi connectivity index (χ1v) is 7.27. The van der Waals surface area contributed by atoms with Crippen molar-refractivity contribution >= 4 is 27.4 Å². The van der Waals surface area contributed by atoms with E-state index in [4.69, 9.17) is 0 Å². The largest absolute Gasteiger partial charge is 0.0654 e. The molecule has 7 heavy (non-hydrogen) atoms. The van der Waals surface area contributed by atoms with Crippen LogP contribution in [0.1, 0.15) is 19.8 Å². The van der Waals surface area contributed by atoms with E-state index in [9.17, 15) is 0 Å². The van der Waals surface area contributed by atoms with E-state index in [-0.39, 0.29) is 7.83 Å². The monoisotopic (exact) mass is 141 g/mol. The zero-order valence-corrected chi connectivity index (χ0v) is 7.62. The Kier molecular flexibility index (Phi) is 5.25. The van der Waals surface area contributed by atoms with E-state index in [2.05, 4.69) is 26.4 Å². The van der Waals surface area contributed by atoms with Gasteiger partial charge in [0.15, 0.2) is 0 Å². The van der Waals surface area contributed by atoms with E-state index in [1.807, 2.05) is 0 Å². The van der Waals surface area contributed by atoms with E-state index in [0.717, 1.165) is 0 Å². The van der Waals surface area contributed by atoms with Gasteiger partial charge in [-0.3, -0.25) is 0 Å². The van der Waals surface area contributed by atoms with Gasteiger partial charge in [0.2, 0.25) is 0 Å².